The van der Waals surface area contributed by atoms with Gasteiger partial charge >= 0.3 is 0 Å². The van der Waals surface area contributed by atoms with Gasteiger partial charge in [-0.05, 0) is 51.0 Å². The molecule has 0 radical (unpaired) electrons. The molecule has 1 aromatic heterocycles. The summed E-state index contributed by atoms with van der Waals surface area (Å²) < 4.78 is 0. The largest absolute Gasteiger partial charge is 0.394 e. The molecule has 3 N–H and O–H groups in total. The Kier molecular flexibility index (Phi) is 6.82. The SMILES string of the molecule is CCN(CC)c1nc(Nc2ccc(NC(C)=O)cc2)nc(N2CCCC2CO)n1. The number of amides is 1. The van der Waals surface area contributed by atoms with E-state index in [4.69, 9.17) is 0 Å². The van der Waals surface area contributed by atoms with Crippen molar-refractivity contribution >= 4 is 35.1 Å². The summed E-state index contributed by atoms with van der Waals surface area (Å²) in [7, 11) is 0. The van der Waals surface area contributed by atoms with Crippen molar-refractivity contribution in [1.82, 2.24) is 15.0 Å². The molecule has 9 nitrogen and oxygen atoms in total. The molecular weight excluding hydrogens is 370 g/mol. The lowest BCUT2D eigenvalue weighted by Crippen LogP contribution is -2.34. The van der Waals surface area contributed by atoms with Crippen LogP contribution >= 0.6 is 0 Å². The molecule has 1 atom stereocenters. The highest BCUT2D eigenvalue weighted by molar-refractivity contribution is 5.88. The summed E-state index contributed by atoms with van der Waals surface area (Å²) in [4.78, 5) is 29.2. The number of aromatic nitrogens is 3. The first-order valence-corrected chi connectivity index (χ1v) is 10.1. The molecule has 1 fully saturated rings. The molecule has 1 aliphatic rings. The third-order valence-corrected chi connectivity index (χ3v) is 4.96. The predicted octanol–water partition coefficient (Wildman–Crippen LogP) is 2.38. The van der Waals surface area contributed by atoms with Gasteiger partial charge in [-0.15, -0.1) is 0 Å². The fraction of sp³-hybridized carbons (Fsp3) is 0.500. The van der Waals surface area contributed by atoms with Gasteiger partial charge in [0.25, 0.3) is 0 Å². The van der Waals surface area contributed by atoms with Gasteiger partial charge < -0.3 is 25.5 Å². The van der Waals surface area contributed by atoms with Crippen LogP contribution in [0.4, 0.5) is 29.2 Å². The minimum Gasteiger partial charge on any atom is -0.394 e. The summed E-state index contributed by atoms with van der Waals surface area (Å²) in [5.74, 6) is 1.53. The number of rotatable bonds is 8. The van der Waals surface area contributed by atoms with Gasteiger partial charge in [-0.2, -0.15) is 15.0 Å². The number of hydrogen-bond donors (Lipinski definition) is 3. The van der Waals surface area contributed by atoms with E-state index < -0.39 is 0 Å². The Bertz CT molecular complexity index is 824. The van der Waals surface area contributed by atoms with Gasteiger partial charge in [-0.1, -0.05) is 0 Å². The van der Waals surface area contributed by atoms with Crippen LogP contribution in [-0.4, -0.2) is 58.2 Å². The zero-order chi connectivity index (χ0) is 20.8. The Morgan fingerprint density at radius 1 is 1.17 bits per heavy atom. The Hall–Kier alpha value is -2.94. The van der Waals surface area contributed by atoms with Crippen molar-refractivity contribution in [2.45, 2.75) is 39.7 Å². The molecule has 1 aromatic carbocycles. The molecule has 1 amide bonds. The fourth-order valence-corrected chi connectivity index (χ4v) is 3.44. The van der Waals surface area contributed by atoms with E-state index >= 15 is 0 Å². The molecule has 156 valence electrons. The molecule has 1 saturated heterocycles. The molecule has 0 saturated carbocycles. The zero-order valence-electron chi connectivity index (χ0n) is 17.2. The van der Waals surface area contributed by atoms with E-state index in [9.17, 15) is 9.90 Å². The number of nitrogens with zero attached hydrogens (tertiary/aromatic N) is 5. The van der Waals surface area contributed by atoms with Crippen LogP contribution in [0.5, 0.6) is 0 Å². The highest BCUT2D eigenvalue weighted by atomic mass is 16.3. The zero-order valence-corrected chi connectivity index (χ0v) is 17.2. The van der Waals surface area contributed by atoms with Crippen molar-refractivity contribution in [3.63, 3.8) is 0 Å². The van der Waals surface area contributed by atoms with Crippen molar-refractivity contribution in [3.8, 4) is 0 Å². The fourth-order valence-electron chi connectivity index (χ4n) is 3.44. The quantitative estimate of drug-likeness (QED) is 0.621. The monoisotopic (exact) mass is 399 g/mol. The number of hydrogen-bond acceptors (Lipinski definition) is 8. The van der Waals surface area contributed by atoms with Crippen molar-refractivity contribution in [3.05, 3.63) is 24.3 Å². The first-order valence-electron chi connectivity index (χ1n) is 10.1. The molecular formula is C20H29N7O2. The van der Waals surface area contributed by atoms with Crippen LogP contribution in [0.1, 0.15) is 33.6 Å². The normalized spacial score (nSPS) is 16.0. The highest BCUT2D eigenvalue weighted by Gasteiger charge is 2.27. The van der Waals surface area contributed by atoms with Crippen LogP contribution in [-0.2, 0) is 4.79 Å². The van der Waals surface area contributed by atoms with E-state index in [1.807, 2.05) is 24.3 Å². The average molecular weight is 399 g/mol. The first kappa shape index (κ1) is 20.8. The third-order valence-electron chi connectivity index (χ3n) is 4.96. The molecule has 2 aromatic rings. The Balaban J connectivity index is 1.89. The summed E-state index contributed by atoms with van der Waals surface area (Å²) >= 11 is 0. The van der Waals surface area contributed by atoms with Crippen molar-refractivity contribution in [2.75, 3.05) is 46.7 Å². The smallest absolute Gasteiger partial charge is 0.233 e. The predicted molar refractivity (Wildman–Crippen MR) is 115 cm³/mol. The second-order valence-corrected chi connectivity index (χ2v) is 6.99. The van der Waals surface area contributed by atoms with Crippen molar-refractivity contribution < 1.29 is 9.90 Å². The second-order valence-electron chi connectivity index (χ2n) is 6.99. The standard InChI is InChI=1S/C20H29N7O2/c1-4-26(5-2)19-23-18(22-16-10-8-15(9-11-16)21-14(3)29)24-20(25-19)27-12-6-7-17(27)13-28/h8-11,17,28H,4-7,12-13H2,1-3H3,(H,21,29)(H,22,23,24,25). The number of aliphatic hydroxyl groups is 1. The Labute approximate surface area is 171 Å². The molecule has 3 rings (SSSR count). The summed E-state index contributed by atoms with van der Waals surface area (Å²) in [5, 5.41) is 15.7. The van der Waals surface area contributed by atoms with Crippen molar-refractivity contribution in [2.24, 2.45) is 0 Å². The molecule has 0 aliphatic carbocycles. The minimum atomic E-state index is -0.110. The molecule has 9 heteroatoms. The molecule has 0 bridgehead atoms. The number of aliphatic hydroxyl groups excluding tert-OH is 1. The maximum absolute atomic E-state index is 11.2. The molecule has 29 heavy (non-hydrogen) atoms. The lowest BCUT2D eigenvalue weighted by Gasteiger charge is -2.25. The van der Waals surface area contributed by atoms with Crippen LogP contribution < -0.4 is 20.4 Å². The van der Waals surface area contributed by atoms with E-state index in [-0.39, 0.29) is 18.6 Å². The van der Waals surface area contributed by atoms with Gasteiger partial charge in [0.05, 0.1) is 12.6 Å². The molecule has 2 heterocycles. The number of benzene rings is 1. The Morgan fingerprint density at radius 2 is 1.86 bits per heavy atom. The van der Waals surface area contributed by atoms with Gasteiger partial charge in [0.2, 0.25) is 23.8 Å². The van der Waals surface area contributed by atoms with Gasteiger partial charge in [-0.25, -0.2) is 0 Å². The maximum Gasteiger partial charge on any atom is 0.233 e. The number of carbonyl (C=O) groups is 1. The second kappa shape index (κ2) is 9.51. The topological polar surface area (TPSA) is 107 Å². The highest BCUT2D eigenvalue weighted by Crippen LogP contribution is 2.26. The van der Waals surface area contributed by atoms with Gasteiger partial charge in [0.15, 0.2) is 0 Å². The average Bonchev–Trinajstić information content (AvgIpc) is 3.19. The number of anilines is 5. The summed E-state index contributed by atoms with van der Waals surface area (Å²) in [5.41, 5.74) is 1.54. The van der Waals surface area contributed by atoms with Crippen LogP contribution in [0.3, 0.4) is 0 Å². The summed E-state index contributed by atoms with van der Waals surface area (Å²) in [6.07, 6.45) is 1.93. The van der Waals surface area contributed by atoms with E-state index in [0.717, 1.165) is 43.9 Å². The third kappa shape index (κ3) is 5.11. The van der Waals surface area contributed by atoms with E-state index in [1.54, 1.807) is 0 Å². The van der Waals surface area contributed by atoms with Crippen LogP contribution in [0.2, 0.25) is 0 Å². The van der Waals surface area contributed by atoms with E-state index in [2.05, 4.69) is 49.2 Å². The van der Waals surface area contributed by atoms with Crippen molar-refractivity contribution in [1.29, 1.82) is 0 Å². The lowest BCUT2D eigenvalue weighted by atomic mass is 10.2. The molecule has 0 spiro atoms. The van der Waals surface area contributed by atoms with Crippen LogP contribution in [0.25, 0.3) is 0 Å². The number of nitrogens with one attached hydrogen (secondary N) is 2. The molecule has 1 aliphatic heterocycles. The maximum atomic E-state index is 11.2. The van der Waals surface area contributed by atoms with Gasteiger partial charge in [0, 0.05) is 37.9 Å². The van der Waals surface area contributed by atoms with Gasteiger partial charge in [0.1, 0.15) is 0 Å². The van der Waals surface area contributed by atoms with Gasteiger partial charge in [-0.3, -0.25) is 4.79 Å². The van der Waals surface area contributed by atoms with Crippen LogP contribution in [0.15, 0.2) is 24.3 Å². The van der Waals surface area contributed by atoms with E-state index in [1.165, 1.54) is 6.92 Å². The molecule has 1 unspecified atom stereocenters. The summed E-state index contributed by atoms with van der Waals surface area (Å²) in [6, 6.07) is 7.39. The Morgan fingerprint density at radius 3 is 2.48 bits per heavy atom. The van der Waals surface area contributed by atoms with E-state index in [0.29, 0.717) is 17.8 Å². The number of carbonyl (C=O) groups excluding carboxylic acids is 1. The lowest BCUT2D eigenvalue weighted by molar-refractivity contribution is -0.114. The van der Waals surface area contributed by atoms with Crippen LogP contribution in [0, 0.1) is 0 Å². The summed E-state index contributed by atoms with van der Waals surface area (Å²) in [6.45, 7) is 8.07. The first-order chi connectivity index (χ1) is 14.0. The minimum absolute atomic E-state index is 0.0340.